The van der Waals surface area contributed by atoms with Gasteiger partial charge in [0, 0.05) is 18.0 Å². The fraction of sp³-hybridized carbons (Fsp3) is 0.438. The molecule has 1 aliphatic heterocycles. The molecule has 1 aliphatic rings. The zero-order valence-corrected chi connectivity index (χ0v) is 11.7. The van der Waals surface area contributed by atoms with Crippen LogP contribution in [0.25, 0.3) is 11.3 Å². The number of anilines is 1. The van der Waals surface area contributed by atoms with Crippen LogP contribution in [-0.2, 0) is 13.0 Å². The van der Waals surface area contributed by atoms with E-state index < -0.39 is 0 Å². The van der Waals surface area contributed by atoms with Crippen molar-refractivity contribution in [3.63, 3.8) is 0 Å². The summed E-state index contributed by atoms with van der Waals surface area (Å²) >= 11 is 0. The van der Waals surface area contributed by atoms with Crippen molar-refractivity contribution in [3.05, 3.63) is 35.7 Å². The number of fused-ring (bicyclic) bond motifs is 1. The number of nitrogens with zero attached hydrogens (tertiary/aromatic N) is 2. The van der Waals surface area contributed by atoms with Gasteiger partial charge in [-0.05, 0) is 24.8 Å². The van der Waals surface area contributed by atoms with Gasteiger partial charge in [0.05, 0.1) is 0 Å². The Labute approximate surface area is 114 Å². The quantitative estimate of drug-likeness (QED) is 0.891. The van der Waals surface area contributed by atoms with Crippen molar-refractivity contribution in [2.75, 3.05) is 5.73 Å². The lowest BCUT2D eigenvalue weighted by atomic mass is 10.0. The maximum atomic E-state index is 6.34. The summed E-state index contributed by atoms with van der Waals surface area (Å²) in [4.78, 5) is 4.85. The maximum Gasteiger partial charge on any atom is 0.131 e. The van der Waals surface area contributed by atoms with Crippen molar-refractivity contribution in [2.45, 2.75) is 45.6 Å². The third-order valence-electron chi connectivity index (χ3n) is 4.15. The van der Waals surface area contributed by atoms with E-state index in [1.54, 1.807) is 0 Å². The van der Waals surface area contributed by atoms with E-state index >= 15 is 0 Å². The van der Waals surface area contributed by atoms with E-state index in [1.807, 2.05) is 0 Å². The summed E-state index contributed by atoms with van der Waals surface area (Å²) in [6.07, 6.45) is 3.42. The molecule has 3 rings (SSSR count). The number of benzene rings is 1. The molecule has 1 aromatic heterocycles. The molecule has 0 saturated carbocycles. The van der Waals surface area contributed by atoms with Gasteiger partial charge in [0.25, 0.3) is 0 Å². The predicted octanol–water partition coefficient (Wildman–Crippen LogP) is 3.59. The lowest BCUT2D eigenvalue weighted by molar-refractivity contribution is 0.467. The van der Waals surface area contributed by atoms with E-state index in [9.17, 15) is 0 Å². The summed E-state index contributed by atoms with van der Waals surface area (Å²) in [6, 6.07) is 8.44. The number of nitrogens with two attached hydrogens (primary N) is 1. The summed E-state index contributed by atoms with van der Waals surface area (Å²) in [5.41, 5.74) is 9.82. The zero-order chi connectivity index (χ0) is 13.4. The van der Waals surface area contributed by atoms with Gasteiger partial charge >= 0.3 is 0 Å². The molecule has 100 valence electrons. The number of aryl methyl sites for hydroxylation is 1. The predicted molar refractivity (Wildman–Crippen MR) is 79.1 cm³/mol. The molecular formula is C16H21N3. The van der Waals surface area contributed by atoms with Crippen molar-refractivity contribution in [1.29, 1.82) is 0 Å². The van der Waals surface area contributed by atoms with Gasteiger partial charge < -0.3 is 10.3 Å². The average Bonchev–Trinajstić information content (AvgIpc) is 2.78. The van der Waals surface area contributed by atoms with Crippen molar-refractivity contribution in [3.8, 4) is 11.3 Å². The number of aromatic nitrogens is 2. The highest BCUT2D eigenvalue weighted by atomic mass is 15.2. The Morgan fingerprint density at radius 3 is 2.89 bits per heavy atom. The average molecular weight is 255 g/mol. The minimum Gasteiger partial charge on any atom is -0.383 e. The van der Waals surface area contributed by atoms with Crippen LogP contribution in [0.3, 0.4) is 0 Å². The van der Waals surface area contributed by atoms with Crippen LogP contribution >= 0.6 is 0 Å². The van der Waals surface area contributed by atoms with Gasteiger partial charge in [0.1, 0.15) is 17.3 Å². The number of hydrogen-bond acceptors (Lipinski definition) is 2. The Bertz CT molecular complexity index is 598. The smallest absolute Gasteiger partial charge is 0.131 e. The first-order valence-corrected chi connectivity index (χ1v) is 7.16. The molecule has 0 saturated heterocycles. The van der Waals surface area contributed by atoms with Crippen LogP contribution in [0.2, 0.25) is 0 Å². The molecule has 3 heteroatoms. The van der Waals surface area contributed by atoms with Gasteiger partial charge in [-0.3, -0.25) is 0 Å². The second-order valence-electron chi connectivity index (χ2n) is 5.41. The molecule has 2 N–H and O–H groups in total. The van der Waals surface area contributed by atoms with Gasteiger partial charge in [-0.25, -0.2) is 4.98 Å². The van der Waals surface area contributed by atoms with E-state index in [-0.39, 0.29) is 0 Å². The van der Waals surface area contributed by atoms with E-state index in [1.165, 1.54) is 24.0 Å². The molecule has 3 nitrogen and oxygen atoms in total. The first-order chi connectivity index (χ1) is 9.22. The second kappa shape index (κ2) is 4.72. The Morgan fingerprint density at radius 1 is 1.37 bits per heavy atom. The van der Waals surface area contributed by atoms with Crippen LogP contribution in [0.4, 0.5) is 5.82 Å². The van der Waals surface area contributed by atoms with Crippen molar-refractivity contribution in [1.82, 2.24) is 9.55 Å². The summed E-state index contributed by atoms with van der Waals surface area (Å²) in [7, 11) is 0. The summed E-state index contributed by atoms with van der Waals surface area (Å²) < 4.78 is 2.20. The zero-order valence-electron chi connectivity index (χ0n) is 11.7. The van der Waals surface area contributed by atoms with Crippen LogP contribution in [0, 0.1) is 0 Å². The molecule has 19 heavy (non-hydrogen) atoms. The molecule has 0 radical (unpaired) electrons. The topological polar surface area (TPSA) is 43.8 Å². The summed E-state index contributed by atoms with van der Waals surface area (Å²) in [5.74, 6) is 2.51. The summed E-state index contributed by atoms with van der Waals surface area (Å²) in [6.45, 7) is 5.42. The van der Waals surface area contributed by atoms with Gasteiger partial charge in [-0.15, -0.1) is 0 Å². The van der Waals surface area contributed by atoms with E-state index in [0.29, 0.717) is 5.92 Å². The number of nitrogen functional groups attached to an aromatic ring is 1. The normalized spacial score (nSPS) is 18.3. The molecule has 0 bridgehead atoms. The van der Waals surface area contributed by atoms with E-state index in [4.69, 9.17) is 10.7 Å². The van der Waals surface area contributed by atoms with Gasteiger partial charge in [-0.2, -0.15) is 0 Å². The number of hydrogen-bond donors (Lipinski definition) is 1. The van der Waals surface area contributed by atoms with E-state index in [2.05, 4.69) is 42.7 Å². The highest BCUT2D eigenvalue weighted by molar-refractivity contribution is 5.74. The van der Waals surface area contributed by atoms with E-state index in [0.717, 1.165) is 30.3 Å². The molecule has 2 aromatic rings. The minimum absolute atomic E-state index is 0.513. The molecule has 2 heterocycles. The maximum absolute atomic E-state index is 6.34. The Morgan fingerprint density at radius 2 is 2.16 bits per heavy atom. The van der Waals surface area contributed by atoms with Crippen molar-refractivity contribution < 1.29 is 0 Å². The molecule has 1 unspecified atom stereocenters. The molecular weight excluding hydrogens is 234 g/mol. The van der Waals surface area contributed by atoms with Crippen molar-refractivity contribution in [2.24, 2.45) is 0 Å². The third-order valence-corrected chi connectivity index (χ3v) is 4.15. The van der Waals surface area contributed by atoms with Gasteiger partial charge in [0.2, 0.25) is 0 Å². The fourth-order valence-corrected chi connectivity index (χ4v) is 3.04. The van der Waals surface area contributed by atoms with Crippen molar-refractivity contribution >= 4 is 5.82 Å². The monoisotopic (exact) mass is 255 g/mol. The fourth-order valence-electron chi connectivity index (χ4n) is 3.04. The molecule has 0 fully saturated rings. The Kier molecular flexibility index (Phi) is 3.05. The number of rotatable bonds is 2. The van der Waals surface area contributed by atoms with Crippen LogP contribution < -0.4 is 5.73 Å². The largest absolute Gasteiger partial charge is 0.383 e. The molecule has 1 atom stereocenters. The number of imidazole rings is 1. The lowest BCUT2D eigenvalue weighted by Gasteiger charge is -2.20. The van der Waals surface area contributed by atoms with Crippen LogP contribution in [-0.4, -0.2) is 9.55 Å². The van der Waals surface area contributed by atoms with Gasteiger partial charge in [0.15, 0.2) is 0 Å². The highest BCUT2D eigenvalue weighted by Crippen LogP contribution is 2.35. The Balaban J connectivity index is 2.16. The summed E-state index contributed by atoms with van der Waals surface area (Å²) in [5, 5.41) is 0. The lowest BCUT2D eigenvalue weighted by Crippen LogP contribution is -2.15. The van der Waals surface area contributed by atoms with Crippen LogP contribution in [0.1, 0.15) is 44.0 Å². The molecule has 0 aliphatic carbocycles. The van der Waals surface area contributed by atoms with Crippen LogP contribution in [0.15, 0.2) is 24.3 Å². The van der Waals surface area contributed by atoms with Crippen LogP contribution in [0.5, 0.6) is 0 Å². The molecule has 0 spiro atoms. The first kappa shape index (κ1) is 12.3. The molecule has 1 aromatic carbocycles. The minimum atomic E-state index is 0.513. The molecule has 0 amide bonds. The second-order valence-corrected chi connectivity index (χ2v) is 5.41. The SMILES string of the molecule is CCc1ccccc1-c1nc2n(c1N)CCCC2C. The third kappa shape index (κ3) is 1.93. The standard InChI is InChI=1S/C16H21N3/c1-3-12-8-4-5-9-13(12)14-15(17)19-10-6-7-11(2)16(19)18-14/h4-5,8-9,11H,3,6-7,10,17H2,1-2H3. The van der Waals surface area contributed by atoms with Gasteiger partial charge in [-0.1, -0.05) is 38.1 Å². The first-order valence-electron chi connectivity index (χ1n) is 7.16. The Hall–Kier alpha value is -1.77. The highest BCUT2D eigenvalue weighted by Gasteiger charge is 2.24.